The third kappa shape index (κ3) is 6.14. The van der Waals surface area contributed by atoms with Crippen molar-refractivity contribution in [2.24, 2.45) is 11.7 Å². The van der Waals surface area contributed by atoms with Gasteiger partial charge in [-0.25, -0.2) is 0 Å². The van der Waals surface area contributed by atoms with Crippen molar-refractivity contribution in [3.05, 3.63) is 59.7 Å². The molecular formula is C22H29ClN2O3. The maximum atomic E-state index is 12.4. The molecule has 1 fully saturated rings. The zero-order valence-electron chi connectivity index (χ0n) is 16.2. The molecule has 1 saturated carbocycles. The number of amides is 1. The largest absolute Gasteiger partial charge is 0.493 e. The highest BCUT2D eigenvalue weighted by atomic mass is 35.5. The topological polar surface area (TPSA) is 73.6 Å². The molecule has 0 aromatic heterocycles. The number of rotatable bonds is 7. The number of methoxy groups -OCH3 is 1. The lowest BCUT2D eigenvalue weighted by Gasteiger charge is -2.25. The Balaban J connectivity index is 0.00000280. The van der Waals surface area contributed by atoms with Gasteiger partial charge < -0.3 is 20.5 Å². The maximum absolute atomic E-state index is 12.4. The highest BCUT2D eigenvalue weighted by molar-refractivity contribution is 5.85. The Bertz CT molecular complexity index is 755. The summed E-state index contributed by atoms with van der Waals surface area (Å²) in [5.74, 6) is 1.48. The number of benzene rings is 2. The minimum Gasteiger partial charge on any atom is -0.493 e. The second-order valence-corrected chi connectivity index (χ2v) is 7.10. The number of ether oxygens (including phenoxy) is 2. The van der Waals surface area contributed by atoms with E-state index in [0.717, 1.165) is 36.8 Å². The monoisotopic (exact) mass is 404 g/mol. The number of halogens is 1. The second-order valence-electron chi connectivity index (χ2n) is 7.10. The van der Waals surface area contributed by atoms with Crippen LogP contribution in [0.4, 0.5) is 0 Å². The van der Waals surface area contributed by atoms with Crippen LogP contribution in [-0.2, 0) is 17.9 Å². The van der Waals surface area contributed by atoms with Crippen LogP contribution in [0.3, 0.4) is 0 Å². The maximum Gasteiger partial charge on any atom is 0.223 e. The highest BCUT2D eigenvalue weighted by Gasteiger charge is 2.25. The predicted octanol–water partition coefficient (Wildman–Crippen LogP) is 3.83. The summed E-state index contributed by atoms with van der Waals surface area (Å²) in [7, 11) is 1.62. The zero-order chi connectivity index (χ0) is 19.1. The van der Waals surface area contributed by atoms with Crippen LogP contribution < -0.4 is 20.5 Å². The van der Waals surface area contributed by atoms with Gasteiger partial charge in [-0.05, 0) is 42.5 Å². The highest BCUT2D eigenvalue weighted by Crippen LogP contribution is 2.29. The van der Waals surface area contributed by atoms with E-state index in [1.54, 1.807) is 7.11 Å². The summed E-state index contributed by atoms with van der Waals surface area (Å²) in [5.41, 5.74) is 8.06. The molecule has 0 saturated heterocycles. The average molecular weight is 405 g/mol. The molecule has 1 aliphatic rings. The summed E-state index contributed by atoms with van der Waals surface area (Å²) >= 11 is 0. The number of hydrogen-bond acceptors (Lipinski definition) is 4. The summed E-state index contributed by atoms with van der Waals surface area (Å²) in [6.07, 6.45) is 3.75. The Morgan fingerprint density at radius 2 is 1.89 bits per heavy atom. The Hall–Kier alpha value is -2.24. The quantitative estimate of drug-likeness (QED) is 0.735. The van der Waals surface area contributed by atoms with Crippen molar-refractivity contribution in [1.29, 1.82) is 0 Å². The third-order valence-electron chi connectivity index (χ3n) is 5.02. The fourth-order valence-electron chi connectivity index (χ4n) is 3.48. The van der Waals surface area contributed by atoms with Gasteiger partial charge in [-0.3, -0.25) is 4.79 Å². The van der Waals surface area contributed by atoms with Gasteiger partial charge in [-0.15, -0.1) is 12.4 Å². The van der Waals surface area contributed by atoms with Gasteiger partial charge >= 0.3 is 0 Å². The minimum absolute atomic E-state index is 0. The number of carbonyl (C=O) groups is 1. The van der Waals surface area contributed by atoms with Crippen LogP contribution in [-0.4, -0.2) is 19.1 Å². The molecule has 6 heteroatoms. The molecule has 1 aliphatic carbocycles. The van der Waals surface area contributed by atoms with Gasteiger partial charge in [-0.1, -0.05) is 42.8 Å². The van der Waals surface area contributed by atoms with E-state index in [1.807, 2.05) is 48.5 Å². The molecule has 0 aliphatic heterocycles. The first kappa shape index (κ1) is 22.1. The number of nitrogens with two attached hydrogens (primary N) is 1. The van der Waals surface area contributed by atoms with Crippen molar-refractivity contribution in [1.82, 2.24) is 5.32 Å². The van der Waals surface area contributed by atoms with Crippen LogP contribution in [0.2, 0.25) is 0 Å². The van der Waals surface area contributed by atoms with E-state index >= 15 is 0 Å². The molecule has 0 radical (unpaired) electrons. The van der Waals surface area contributed by atoms with Crippen LogP contribution in [0.25, 0.3) is 0 Å². The smallest absolute Gasteiger partial charge is 0.223 e. The molecule has 0 bridgehead atoms. The first-order valence-electron chi connectivity index (χ1n) is 9.52. The van der Waals surface area contributed by atoms with E-state index in [0.29, 0.717) is 24.7 Å². The molecule has 0 heterocycles. The fourth-order valence-corrected chi connectivity index (χ4v) is 3.48. The van der Waals surface area contributed by atoms with Crippen molar-refractivity contribution in [3.63, 3.8) is 0 Å². The lowest BCUT2D eigenvalue weighted by molar-refractivity contribution is -0.126. The lowest BCUT2D eigenvalue weighted by Crippen LogP contribution is -2.37. The van der Waals surface area contributed by atoms with E-state index in [-0.39, 0.29) is 30.3 Å². The Kier molecular flexibility index (Phi) is 8.61. The zero-order valence-corrected chi connectivity index (χ0v) is 17.0. The molecule has 2 aromatic rings. The lowest BCUT2D eigenvalue weighted by atomic mass is 9.85. The van der Waals surface area contributed by atoms with Gasteiger partial charge in [0.25, 0.3) is 0 Å². The molecule has 2 aromatic carbocycles. The third-order valence-corrected chi connectivity index (χ3v) is 5.02. The van der Waals surface area contributed by atoms with Crippen LogP contribution in [0, 0.1) is 5.92 Å². The van der Waals surface area contributed by atoms with Crippen LogP contribution in [0.15, 0.2) is 48.5 Å². The van der Waals surface area contributed by atoms with Crippen LogP contribution in [0.5, 0.6) is 11.5 Å². The van der Waals surface area contributed by atoms with Gasteiger partial charge in [0.2, 0.25) is 5.91 Å². The summed E-state index contributed by atoms with van der Waals surface area (Å²) in [6.45, 7) is 0.953. The second kappa shape index (κ2) is 10.9. The van der Waals surface area contributed by atoms with Crippen molar-refractivity contribution in [3.8, 4) is 11.5 Å². The molecule has 5 nitrogen and oxygen atoms in total. The number of hydrogen-bond donors (Lipinski definition) is 2. The summed E-state index contributed by atoms with van der Waals surface area (Å²) in [6, 6.07) is 15.9. The SMILES string of the molecule is COc1cc(CNC(=O)C2CCCC(N)C2)ccc1OCc1ccccc1.Cl. The Morgan fingerprint density at radius 1 is 1.11 bits per heavy atom. The molecule has 3 N–H and O–H groups in total. The van der Waals surface area contributed by atoms with E-state index in [9.17, 15) is 4.79 Å². The van der Waals surface area contributed by atoms with E-state index in [2.05, 4.69) is 5.32 Å². The van der Waals surface area contributed by atoms with Gasteiger partial charge in [0.15, 0.2) is 11.5 Å². The summed E-state index contributed by atoms with van der Waals surface area (Å²) < 4.78 is 11.3. The van der Waals surface area contributed by atoms with Gasteiger partial charge in [0, 0.05) is 18.5 Å². The molecule has 0 spiro atoms. The Labute approximate surface area is 173 Å². The minimum atomic E-state index is 0. The van der Waals surface area contributed by atoms with Crippen LogP contribution in [0.1, 0.15) is 36.8 Å². The van der Waals surface area contributed by atoms with Crippen LogP contribution >= 0.6 is 12.4 Å². The predicted molar refractivity (Wildman–Crippen MR) is 113 cm³/mol. The average Bonchev–Trinajstić information content (AvgIpc) is 2.71. The fraction of sp³-hybridized carbons (Fsp3) is 0.409. The molecule has 3 rings (SSSR count). The van der Waals surface area contributed by atoms with Crippen molar-refractivity contribution >= 4 is 18.3 Å². The van der Waals surface area contributed by atoms with E-state index in [1.165, 1.54) is 0 Å². The molecule has 2 atom stereocenters. The standard InChI is InChI=1S/C22H28N2O3.ClH/c1-26-21-12-17(14-24-22(25)18-8-5-9-19(23)13-18)10-11-20(21)27-15-16-6-3-2-4-7-16;/h2-4,6-7,10-12,18-19H,5,8-9,13-15,23H2,1H3,(H,24,25);1H. The van der Waals surface area contributed by atoms with Crippen molar-refractivity contribution in [2.45, 2.75) is 44.9 Å². The van der Waals surface area contributed by atoms with Crippen molar-refractivity contribution in [2.75, 3.05) is 7.11 Å². The number of carbonyl (C=O) groups excluding carboxylic acids is 1. The molecule has 1 amide bonds. The summed E-state index contributed by atoms with van der Waals surface area (Å²) in [5, 5.41) is 3.03. The molecular weight excluding hydrogens is 376 g/mol. The van der Waals surface area contributed by atoms with Gasteiger partial charge in [-0.2, -0.15) is 0 Å². The molecule has 28 heavy (non-hydrogen) atoms. The van der Waals surface area contributed by atoms with E-state index < -0.39 is 0 Å². The van der Waals surface area contributed by atoms with Gasteiger partial charge in [0.1, 0.15) is 6.61 Å². The van der Waals surface area contributed by atoms with E-state index in [4.69, 9.17) is 15.2 Å². The molecule has 2 unspecified atom stereocenters. The first-order chi connectivity index (χ1) is 13.2. The number of nitrogens with one attached hydrogen (secondary N) is 1. The first-order valence-corrected chi connectivity index (χ1v) is 9.52. The van der Waals surface area contributed by atoms with Gasteiger partial charge in [0.05, 0.1) is 7.11 Å². The molecule has 152 valence electrons. The normalized spacial score (nSPS) is 18.6. The Morgan fingerprint density at radius 3 is 2.61 bits per heavy atom. The summed E-state index contributed by atoms with van der Waals surface area (Å²) in [4.78, 5) is 12.4. The van der Waals surface area contributed by atoms with Crippen molar-refractivity contribution < 1.29 is 14.3 Å².